The van der Waals surface area contributed by atoms with E-state index < -0.39 is 15.8 Å². The van der Waals surface area contributed by atoms with Crippen molar-refractivity contribution in [2.24, 2.45) is 0 Å². The second kappa shape index (κ2) is 5.98. The van der Waals surface area contributed by atoms with Gasteiger partial charge in [0.15, 0.2) is 0 Å². The molecule has 0 unspecified atom stereocenters. The summed E-state index contributed by atoms with van der Waals surface area (Å²) in [6.45, 7) is 0.211. The van der Waals surface area contributed by atoms with Gasteiger partial charge in [0.1, 0.15) is 5.82 Å². The number of hydrogen-bond acceptors (Lipinski definition) is 4. The molecule has 1 heterocycles. The molecule has 2 rings (SSSR count). The molecule has 0 bridgehead atoms. The second-order valence-corrected chi connectivity index (χ2v) is 5.99. The van der Waals surface area contributed by atoms with Gasteiger partial charge < -0.3 is 5.73 Å². The van der Waals surface area contributed by atoms with E-state index in [4.69, 9.17) is 5.73 Å². The zero-order chi connectivity index (χ0) is 14.6. The van der Waals surface area contributed by atoms with E-state index in [0.29, 0.717) is 6.42 Å². The first-order valence-corrected chi connectivity index (χ1v) is 7.40. The van der Waals surface area contributed by atoms with Gasteiger partial charge in [0.2, 0.25) is 10.0 Å². The number of hydrogen-bond donors (Lipinski definition) is 2. The standard InChI is InChI=1S/C13H14FN3O2S/c14-11-7-12(15)9-13(8-11)20(18,19)17-6-3-10-1-4-16-5-2-10/h1-2,4-5,7-9,17H,3,6,15H2. The largest absolute Gasteiger partial charge is 0.399 e. The van der Waals surface area contributed by atoms with Gasteiger partial charge in [0.05, 0.1) is 4.90 Å². The van der Waals surface area contributed by atoms with Gasteiger partial charge in [-0.15, -0.1) is 0 Å². The molecule has 5 nitrogen and oxygen atoms in total. The summed E-state index contributed by atoms with van der Waals surface area (Å²) in [5, 5.41) is 0. The van der Waals surface area contributed by atoms with Gasteiger partial charge in [-0.2, -0.15) is 0 Å². The Morgan fingerprint density at radius 3 is 2.55 bits per heavy atom. The Morgan fingerprint density at radius 2 is 1.90 bits per heavy atom. The monoisotopic (exact) mass is 295 g/mol. The van der Waals surface area contributed by atoms with Gasteiger partial charge in [-0.3, -0.25) is 4.98 Å². The number of anilines is 1. The van der Waals surface area contributed by atoms with Gasteiger partial charge in [0.25, 0.3) is 0 Å². The molecule has 2 aromatic rings. The maximum atomic E-state index is 13.2. The molecule has 0 aliphatic carbocycles. The van der Waals surface area contributed by atoms with Crippen molar-refractivity contribution in [2.75, 3.05) is 12.3 Å². The summed E-state index contributed by atoms with van der Waals surface area (Å²) in [4.78, 5) is 3.70. The Bertz CT molecular complexity index is 670. The Labute approximate surface area is 116 Å². The topological polar surface area (TPSA) is 85.1 Å². The zero-order valence-corrected chi connectivity index (χ0v) is 11.4. The number of nitrogens with two attached hydrogens (primary N) is 1. The third-order valence-corrected chi connectivity index (χ3v) is 4.10. The average Bonchev–Trinajstić information content (AvgIpc) is 2.38. The molecule has 0 spiro atoms. The highest BCUT2D eigenvalue weighted by atomic mass is 32.2. The summed E-state index contributed by atoms with van der Waals surface area (Å²) in [7, 11) is -3.76. The van der Waals surface area contributed by atoms with E-state index in [1.807, 2.05) is 0 Å². The normalized spacial score (nSPS) is 11.4. The lowest BCUT2D eigenvalue weighted by Gasteiger charge is -2.07. The summed E-state index contributed by atoms with van der Waals surface area (Å²) in [6, 6.07) is 6.82. The molecular formula is C13H14FN3O2S. The van der Waals surface area contributed by atoms with Crippen LogP contribution in [0.2, 0.25) is 0 Å². The quantitative estimate of drug-likeness (QED) is 0.815. The SMILES string of the molecule is Nc1cc(F)cc(S(=O)(=O)NCCc2ccncc2)c1. The Balaban J connectivity index is 2.04. The predicted octanol–water partition coefficient (Wildman–Crippen LogP) is 1.32. The highest BCUT2D eigenvalue weighted by Crippen LogP contribution is 2.15. The molecule has 0 aliphatic heterocycles. The number of pyridine rings is 1. The highest BCUT2D eigenvalue weighted by Gasteiger charge is 2.15. The molecule has 0 atom stereocenters. The number of aromatic nitrogens is 1. The van der Waals surface area contributed by atoms with Crippen molar-refractivity contribution in [2.45, 2.75) is 11.3 Å². The molecule has 0 saturated heterocycles. The van der Waals surface area contributed by atoms with Gasteiger partial charge in [-0.05, 0) is 42.3 Å². The maximum Gasteiger partial charge on any atom is 0.240 e. The van der Waals surface area contributed by atoms with Gasteiger partial charge >= 0.3 is 0 Å². The van der Waals surface area contributed by atoms with Crippen molar-refractivity contribution in [1.82, 2.24) is 9.71 Å². The van der Waals surface area contributed by atoms with Gasteiger partial charge in [-0.1, -0.05) is 0 Å². The predicted molar refractivity (Wildman–Crippen MR) is 73.9 cm³/mol. The fourth-order valence-electron chi connectivity index (χ4n) is 1.70. The molecule has 7 heteroatoms. The Hall–Kier alpha value is -1.99. The van der Waals surface area contributed by atoms with E-state index in [1.165, 1.54) is 6.07 Å². The third-order valence-electron chi connectivity index (χ3n) is 2.66. The molecule has 3 N–H and O–H groups in total. The third kappa shape index (κ3) is 3.75. The molecule has 0 aliphatic rings. The molecule has 106 valence electrons. The number of nitrogens with zero attached hydrogens (tertiary/aromatic N) is 1. The van der Waals surface area contributed by atoms with E-state index in [1.54, 1.807) is 24.5 Å². The molecule has 0 fully saturated rings. The number of halogens is 1. The van der Waals surface area contributed by atoms with E-state index >= 15 is 0 Å². The first kappa shape index (κ1) is 14.4. The number of sulfonamides is 1. The van der Waals surface area contributed by atoms with Gasteiger partial charge in [-0.25, -0.2) is 17.5 Å². The van der Waals surface area contributed by atoms with Gasteiger partial charge in [0, 0.05) is 24.6 Å². The van der Waals surface area contributed by atoms with Crippen LogP contribution >= 0.6 is 0 Å². The maximum absolute atomic E-state index is 13.2. The Kier molecular flexibility index (Phi) is 4.31. The average molecular weight is 295 g/mol. The summed E-state index contributed by atoms with van der Waals surface area (Å²) in [6.07, 6.45) is 3.79. The zero-order valence-electron chi connectivity index (χ0n) is 10.6. The lowest BCUT2D eigenvalue weighted by Crippen LogP contribution is -2.26. The lowest BCUT2D eigenvalue weighted by atomic mass is 10.2. The van der Waals surface area contributed by atoms with Crippen LogP contribution < -0.4 is 10.5 Å². The minimum Gasteiger partial charge on any atom is -0.399 e. The van der Waals surface area contributed by atoms with Crippen LogP contribution in [0, 0.1) is 5.82 Å². The van der Waals surface area contributed by atoms with Crippen LogP contribution in [-0.2, 0) is 16.4 Å². The summed E-state index contributed by atoms with van der Waals surface area (Å²) in [5.74, 6) is -0.681. The number of benzene rings is 1. The number of rotatable bonds is 5. The van der Waals surface area contributed by atoms with Crippen LogP contribution in [0.4, 0.5) is 10.1 Å². The molecule has 0 saturated carbocycles. The number of nitrogens with one attached hydrogen (secondary N) is 1. The second-order valence-electron chi connectivity index (χ2n) is 4.22. The van der Waals surface area contributed by atoms with Crippen LogP contribution in [0.3, 0.4) is 0 Å². The molecule has 1 aromatic carbocycles. The summed E-state index contributed by atoms with van der Waals surface area (Å²) >= 11 is 0. The van der Waals surface area contributed by atoms with Crippen LogP contribution in [0.15, 0.2) is 47.6 Å². The Morgan fingerprint density at radius 1 is 1.20 bits per heavy atom. The van der Waals surface area contributed by atoms with Crippen molar-refractivity contribution in [1.29, 1.82) is 0 Å². The molecule has 20 heavy (non-hydrogen) atoms. The first-order valence-electron chi connectivity index (χ1n) is 5.92. The number of nitrogen functional groups attached to an aromatic ring is 1. The van der Waals surface area contributed by atoms with E-state index in [-0.39, 0.29) is 17.1 Å². The molecule has 0 radical (unpaired) electrons. The fraction of sp³-hybridized carbons (Fsp3) is 0.154. The van der Waals surface area contributed by atoms with Crippen molar-refractivity contribution in [3.05, 3.63) is 54.1 Å². The van der Waals surface area contributed by atoms with Crippen LogP contribution in [0.25, 0.3) is 0 Å². The van der Waals surface area contributed by atoms with Crippen molar-refractivity contribution >= 4 is 15.7 Å². The minimum atomic E-state index is -3.76. The van der Waals surface area contributed by atoms with Crippen LogP contribution in [-0.4, -0.2) is 19.9 Å². The minimum absolute atomic E-state index is 0.0690. The lowest BCUT2D eigenvalue weighted by molar-refractivity contribution is 0.578. The molecule has 0 amide bonds. The van der Waals surface area contributed by atoms with Crippen molar-refractivity contribution < 1.29 is 12.8 Å². The molecule has 1 aromatic heterocycles. The van der Waals surface area contributed by atoms with Crippen LogP contribution in [0.1, 0.15) is 5.56 Å². The summed E-state index contributed by atoms with van der Waals surface area (Å²) in [5.41, 5.74) is 6.47. The molecular weight excluding hydrogens is 281 g/mol. The smallest absolute Gasteiger partial charge is 0.240 e. The summed E-state index contributed by atoms with van der Waals surface area (Å²) < 4.78 is 39.5. The first-order chi connectivity index (χ1) is 9.47. The van der Waals surface area contributed by atoms with Crippen molar-refractivity contribution in [3.8, 4) is 0 Å². The fourth-order valence-corrected chi connectivity index (χ4v) is 2.80. The highest BCUT2D eigenvalue weighted by molar-refractivity contribution is 7.89. The van der Waals surface area contributed by atoms with Crippen LogP contribution in [0.5, 0.6) is 0 Å². The van der Waals surface area contributed by atoms with Crippen molar-refractivity contribution in [3.63, 3.8) is 0 Å². The van der Waals surface area contributed by atoms with E-state index in [0.717, 1.165) is 17.7 Å². The van der Waals surface area contributed by atoms with E-state index in [9.17, 15) is 12.8 Å². The van der Waals surface area contributed by atoms with E-state index in [2.05, 4.69) is 9.71 Å².